The summed E-state index contributed by atoms with van der Waals surface area (Å²) in [5.74, 6) is -0.304. The molecular formula is C14H19BrN2O3. The Kier molecular flexibility index (Phi) is 5.56. The molecule has 0 radical (unpaired) electrons. The lowest BCUT2D eigenvalue weighted by Crippen LogP contribution is -2.37. The zero-order valence-corrected chi connectivity index (χ0v) is 13.6. The highest BCUT2D eigenvalue weighted by molar-refractivity contribution is 9.10. The molecule has 1 aromatic carbocycles. The number of anilines is 1. The maximum absolute atomic E-state index is 11.7. The monoisotopic (exact) mass is 342 g/mol. The van der Waals surface area contributed by atoms with Gasteiger partial charge in [0, 0.05) is 10.2 Å². The summed E-state index contributed by atoms with van der Waals surface area (Å²) >= 11 is 3.35. The maximum atomic E-state index is 11.7. The molecule has 0 heterocycles. The van der Waals surface area contributed by atoms with E-state index in [1.807, 2.05) is 19.1 Å². The largest absolute Gasteiger partial charge is 0.444 e. The molecule has 0 saturated heterocycles. The molecule has 0 aromatic heterocycles. The van der Waals surface area contributed by atoms with Crippen LogP contribution in [-0.2, 0) is 9.53 Å². The van der Waals surface area contributed by atoms with Gasteiger partial charge in [-0.2, -0.15) is 0 Å². The SMILES string of the molecule is Cc1cc(Br)ccc1NC(=O)CNC(=O)OC(C)(C)C. The number of aryl methyl sites for hydroxylation is 1. The number of hydrogen-bond donors (Lipinski definition) is 2. The molecule has 2 N–H and O–H groups in total. The van der Waals surface area contributed by atoms with E-state index < -0.39 is 11.7 Å². The second-order valence-corrected chi connectivity index (χ2v) is 6.28. The fourth-order valence-corrected chi connectivity index (χ4v) is 1.90. The van der Waals surface area contributed by atoms with Crippen molar-refractivity contribution in [3.63, 3.8) is 0 Å². The Bertz CT molecular complexity index is 510. The molecule has 1 aromatic rings. The predicted molar refractivity (Wildman–Crippen MR) is 81.7 cm³/mol. The number of hydrogen-bond acceptors (Lipinski definition) is 3. The first-order chi connectivity index (χ1) is 9.17. The van der Waals surface area contributed by atoms with Crippen molar-refractivity contribution >= 4 is 33.6 Å². The molecule has 1 rings (SSSR count). The van der Waals surface area contributed by atoms with E-state index in [1.54, 1.807) is 26.8 Å². The quantitative estimate of drug-likeness (QED) is 0.886. The first-order valence-corrected chi connectivity index (χ1v) is 6.99. The lowest BCUT2D eigenvalue weighted by molar-refractivity contribution is -0.115. The minimum Gasteiger partial charge on any atom is -0.444 e. The zero-order valence-electron chi connectivity index (χ0n) is 12.0. The van der Waals surface area contributed by atoms with Crippen molar-refractivity contribution in [3.8, 4) is 0 Å². The van der Waals surface area contributed by atoms with E-state index in [9.17, 15) is 9.59 Å². The maximum Gasteiger partial charge on any atom is 0.408 e. The van der Waals surface area contributed by atoms with E-state index >= 15 is 0 Å². The molecule has 0 unspecified atom stereocenters. The van der Waals surface area contributed by atoms with Crippen molar-refractivity contribution in [2.24, 2.45) is 0 Å². The molecule has 2 amide bonds. The number of alkyl carbamates (subject to hydrolysis) is 1. The van der Waals surface area contributed by atoms with Crippen LogP contribution in [0.15, 0.2) is 22.7 Å². The minimum atomic E-state index is -0.611. The number of rotatable bonds is 3. The highest BCUT2D eigenvalue weighted by Crippen LogP contribution is 2.19. The second-order valence-electron chi connectivity index (χ2n) is 5.36. The molecule has 5 nitrogen and oxygen atoms in total. The first-order valence-electron chi connectivity index (χ1n) is 6.20. The van der Waals surface area contributed by atoms with Crippen LogP contribution in [0.5, 0.6) is 0 Å². The molecule has 110 valence electrons. The third-order valence-electron chi connectivity index (χ3n) is 2.25. The Morgan fingerprint density at radius 2 is 1.95 bits per heavy atom. The molecule has 0 aliphatic carbocycles. The first kappa shape index (κ1) is 16.5. The lowest BCUT2D eigenvalue weighted by atomic mass is 10.2. The molecule has 0 aliphatic heterocycles. The third kappa shape index (κ3) is 6.06. The van der Waals surface area contributed by atoms with Crippen LogP contribution >= 0.6 is 15.9 Å². The summed E-state index contributed by atoms with van der Waals surface area (Å²) in [6.45, 7) is 7.04. The third-order valence-corrected chi connectivity index (χ3v) is 2.75. The van der Waals surface area contributed by atoms with Crippen LogP contribution < -0.4 is 10.6 Å². The van der Waals surface area contributed by atoms with Gasteiger partial charge in [-0.1, -0.05) is 15.9 Å². The lowest BCUT2D eigenvalue weighted by Gasteiger charge is -2.19. The van der Waals surface area contributed by atoms with Gasteiger partial charge in [0.25, 0.3) is 0 Å². The molecular weight excluding hydrogens is 324 g/mol. The highest BCUT2D eigenvalue weighted by Gasteiger charge is 2.16. The fourth-order valence-electron chi connectivity index (χ4n) is 1.43. The Hall–Kier alpha value is -1.56. The number of carbonyl (C=O) groups excluding carboxylic acids is 2. The number of nitrogens with one attached hydrogen (secondary N) is 2. The molecule has 0 bridgehead atoms. The van der Waals surface area contributed by atoms with Gasteiger partial charge >= 0.3 is 6.09 Å². The molecule has 0 saturated carbocycles. The molecule has 0 atom stereocenters. The highest BCUT2D eigenvalue weighted by atomic mass is 79.9. The van der Waals surface area contributed by atoms with Crippen LogP contribution in [-0.4, -0.2) is 24.1 Å². The van der Waals surface area contributed by atoms with Crippen LogP contribution in [0, 0.1) is 6.92 Å². The van der Waals surface area contributed by atoms with Crippen molar-refractivity contribution in [2.45, 2.75) is 33.3 Å². The van der Waals surface area contributed by atoms with E-state index in [0.29, 0.717) is 5.69 Å². The van der Waals surface area contributed by atoms with E-state index in [2.05, 4.69) is 26.6 Å². The van der Waals surface area contributed by atoms with E-state index in [0.717, 1.165) is 10.0 Å². The van der Waals surface area contributed by atoms with E-state index in [-0.39, 0.29) is 12.5 Å². The Morgan fingerprint density at radius 3 is 2.50 bits per heavy atom. The summed E-state index contributed by atoms with van der Waals surface area (Å²) < 4.78 is 5.99. The number of amides is 2. The van der Waals surface area contributed by atoms with Crippen molar-refractivity contribution in [3.05, 3.63) is 28.2 Å². The van der Waals surface area contributed by atoms with Crippen molar-refractivity contribution < 1.29 is 14.3 Å². The summed E-state index contributed by atoms with van der Waals surface area (Å²) in [5, 5.41) is 5.13. The van der Waals surface area contributed by atoms with Gasteiger partial charge in [-0.15, -0.1) is 0 Å². The smallest absolute Gasteiger partial charge is 0.408 e. The van der Waals surface area contributed by atoms with Gasteiger partial charge in [0.05, 0.1) is 0 Å². The van der Waals surface area contributed by atoms with Crippen LogP contribution in [0.1, 0.15) is 26.3 Å². The predicted octanol–water partition coefficient (Wildman–Crippen LogP) is 3.22. The molecule has 6 heteroatoms. The van der Waals surface area contributed by atoms with Gasteiger partial charge in [0.2, 0.25) is 5.91 Å². The summed E-state index contributed by atoms with van der Waals surface area (Å²) in [6.07, 6.45) is -0.611. The van der Waals surface area contributed by atoms with Gasteiger partial charge in [0.1, 0.15) is 12.1 Å². The number of benzene rings is 1. The second kappa shape index (κ2) is 6.74. The zero-order chi connectivity index (χ0) is 15.3. The number of ether oxygens (including phenoxy) is 1. The summed E-state index contributed by atoms with van der Waals surface area (Å²) in [6, 6.07) is 5.53. The minimum absolute atomic E-state index is 0.135. The summed E-state index contributed by atoms with van der Waals surface area (Å²) in [4.78, 5) is 23.1. The van der Waals surface area contributed by atoms with E-state index in [1.165, 1.54) is 0 Å². The molecule has 0 spiro atoms. The standard InChI is InChI=1S/C14H19BrN2O3/c1-9-7-10(15)5-6-11(9)17-12(18)8-16-13(19)20-14(2,3)4/h5-7H,8H2,1-4H3,(H,16,19)(H,17,18). The Morgan fingerprint density at radius 1 is 1.30 bits per heavy atom. The molecule has 0 fully saturated rings. The topological polar surface area (TPSA) is 67.4 Å². The summed E-state index contributed by atoms with van der Waals surface area (Å²) in [5.41, 5.74) is 1.07. The van der Waals surface area contributed by atoms with Crippen molar-refractivity contribution in [2.75, 3.05) is 11.9 Å². The van der Waals surface area contributed by atoms with Crippen LogP contribution in [0.4, 0.5) is 10.5 Å². The number of halogens is 1. The van der Waals surface area contributed by atoms with Crippen molar-refractivity contribution in [1.82, 2.24) is 5.32 Å². The fraction of sp³-hybridized carbons (Fsp3) is 0.429. The normalized spacial score (nSPS) is 10.8. The van der Waals surface area contributed by atoms with E-state index in [4.69, 9.17) is 4.74 Å². The average molecular weight is 343 g/mol. The molecule has 0 aliphatic rings. The Labute approximate surface area is 127 Å². The van der Waals surface area contributed by atoms with Gasteiger partial charge in [-0.25, -0.2) is 4.79 Å². The van der Waals surface area contributed by atoms with Gasteiger partial charge in [-0.3, -0.25) is 4.79 Å². The van der Waals surface area contributed by atoms with Crippen molar-refractivity contribution in [1.29, 1.82) is 0 Å². The number of carbonyl (C=O) groups is 2. The van der Waals surface area contributed by atoms with Gasteiger partial charge in [-0.05, 0) is 51.5 Å². The Balaban J connectivity index is 2.46. The average Bonchev–Trinajstić information content (AvgIpc) is 2.28. The molecule has 20 heavy (non-hydrogen) atoms. The van der Waals surface area contributed by atoms with Gasteiger partial charge < -0.3 is 15.4 Å². The van der Waals surface area contributed by atoms with Crippen LogP contribution in [0.3, 0.4) is 0 Å². The van der Waals surface area contributed by atoms with Crippen LogP contribution in [0.25, 0.3) is 0 Å². The van der Waals surface area contributed by atoms with Crippen LogP contribution in [0.2, 0.25) is 0 Å². The van der Waals surface area contributed by atoms with Gasteiger partial charge in [0.15, 0.2) is 0 Å². The summed E-state index contributed by atoms with van der Waals surface area (Å²) in [7, 11) is 0.